The fourth-order valence-corrected chi connectivity index (χ4v) is 3.49. The van der Waals surface area contributed by atoms with Crippen LogP contribution >= 0.6 is 31.9 Å². The average Bonchev–Trinajstić information content (AvgIpc) is 2.79. The van der Waals surface area contributed by atoms with Gasteiger partial charge in [0.2, 0.25) is 0 Å². The first-order valence-corrected chi connectivity index (χ1v) is 7.64. The maximum atomic E-state index is 13.6. The molecule has 1 heterocycles. The molecule has 0 amide bonds. The summed E-state index contributed by atoms with van der Waals surface area (Å²) in [4.78, 5) is 0. The van der Waals surface area contributed by atoms with Crippen molar-refractivity contribution in [2.24, 2.45) is 0 Å². The summed E-state index contributed by atoms with van der Waals surface area (Å²) in [7, 11) is 0. The van der Waals surface area contributed by atoms with Crippen LogP contribution in [0.4, 0.5) is 4.39 Å². The zero-order valence-electron chi connectivity index (χ0n) is 9.79. The molecule has 1 aromatic heterocycles. The quantitative estimate of drug-likeness (QED) is 0.493. The Morgan fingerprint density at radius 3 is 2.53 bits per heavy atom. The first kappa shape index (κ1) is 12.9. The van der Waals surface area contributed by atoms with Gasteiger partial charge in [0, 0.05) is 27.2 Å². The maximum absolute atomic E-state index is 13.6. The molecule has 1 nitrogen and oxygen atoms in total. The van der Waals surface area contributed by atoms with Crippen molar-refractivity contribution in [2.75, 3.05) is 5.33 Å². The molecule has 0 aliphatic carbocycles. The number of alkyl halides is 1. The molecule has 4 heteroatoms. The average molecular weight is 384 g/mol. The molecule has 0 saturated heterocycles. The lowest BCUT2D eigenvalue weighted by atomic mass is 10.0. The molecule has 0 unspecified atom stereocenters. The van der Waals surface area contributed by atoms with Crippen molar-refractivity contribution in [2.45, 2.75) is 0 Å². The lowest BCUT2D eigenvalue weighted by Gasteiger charge is -2.04. The van der Waals surface area contributed by atoms with Crippen LogP contribution in [0.1, 0.15) is 5.56 Å². The zero-order chi connectivity index (χ0) is 13.4. The van der Waals surface area contributed by atoms with E-state index in [0.29, 0.717) is 16.5 Å². The summed E-state index contributed by atoms with van der Waals surface area (Å²) in [6, 6.07) is 13.6. The van der Waals surface area contributed by atoms with E-state index in [2.05, 4.69) is 31.9 Å². The molecule has 0 radical (unpaired) electrons. The van der Waals surface area contributed by atoms with E-state index in [1.165, 1.54) is 0 Å². The van der Waals surface area contributed by atoms with Crippen LogP contribution in [0.15, 0.2) is 51.6 Å². The van der Waals surface area contributed by atoms with E-state index >= 15 is 0 Å². The van der Waals surface area contributed by atoms with Gasteiger partial charge in [0.05, 0.1) is 0 Å². The summed E-state index contributed by atoms with van der Waals surface area (Å²) < 4.78 is 19.1. The topological polar surface area (TPSA) is 13.1 Å². The number of rotatable bonds is 2. The van der Waals surface area contributed by atoms with Gasteiger partial charge < -0.3 is 4.42 Å². The molecule has 0 aliphatic rings. The van der Waals surface area contributed by atoms with Crippen molar-refractivity contribution in [1.29, 1.82) is 0 Å². The van der Waals surface area contributed by atoms with Crippen molar-refractivity contribution >= 4 is 59.4 Å². The van der Waals surface area contributed by atoms with Crippen LogP contribution in [0.5, 0.6) is 0 Å². The predicted molar refractivity (Wildman–Crippen MR) is 84.5 cm³/mol. The smallest absolute Gasteiger partial charge is 0.170 e. The minimum atomic E-state index is -0.377. The monoisotopic (exact) mass is 382 g/mol. The third-order valence-electron chi connectivity index (χ3n) is 3.09. The highest BCUT2D eigenvalue weighted by Gasteiger charge is 2.14. The Morgan fingerprint density at radius 2 is 1.79 bits per heavy atom. The second-order valence-electron chi connectivity index (χ2n) is 4.15. The van der Waals surface area contributed by atoms with E-state index in [1.54, 1.807) is 0 Å². The van der Waals surface area contributed by atoms with E-state index in [-0.39, 0.29) is 4.74 Å². The fourth-order valence-electron chi connectivity index (χ4n) is 2.21. The summed E-state index contributed by atoms with van der Waals surface area (Å²) >= 11 is 6.22. The normalized spacial score (nSPS) is 13.0. The first-order valence-electron chi connectivity index (χ1n) is 5.73. The van der Waals surface area contributed by atoms with Crippen molar-refractivity contribution in [1.82, 2.24) is 0 Å². The molecule has 96 valence electrons. The SMILES string of the molecule is FC(Br)=C(CBr)c1cccc2c1oc1ccccc12. The van der Waals surface area contributed by atoms with E-state index in [0.717, 1.165) is 21.9 Å². The van der Waals surface area contributed by atoms with Gasteiger partial charge in [-0.05, 0) is 22.0 Å². The van der Waals surface area contributed by atoms with Gasteiger partial charge in [-0.2, -0.15) is 4.39 Å². The highest BCUT2D eigenvalue weighted by molar-refractivity contribution is 9.12. The van der Waals surface area contributed by atoms with Gasteiger partial charge in [-0.1, -0.05) is 52.3 Å². The van der Waals surface area contributed by atoms with Crippen molar-refractivity contribution < 1.29 is 8.81 Å². The standard InChI is InChI=1S/C15H9Br2FO/c16-8-12(15(17)18)11-6-3-5-10-9-4-1-2-7-13(9)19-14(10)11/h1-7H,8H2. The Balaban J connectivity index is 2.42. The van der Waals surface area contributed by atoms with Crippen molar-refractivity contribution in [3.63, 3.8) is 0 Å². The van der Waals surface area contributed by atoms with Crippen molar-refractivity contribution in [3.8, 4) is 0 Å². The summed E-state index contributed by atoms with van der Waals surface area (Å²) in [5, 5.41) is 2.46. The van der Waals surface area contributed by atoms with Gasteiger partial charge in [-0.15, -0.1) is 0 Å². The third kappa shape index (κ3) is 2.13. The van der Waals surface area contributed by atoms with Gasteiger partial charge >= 0.3 is 0 Å². The maximum Gasteiger partial charge on any atom is 0.170 e. The number of allylic oxidation sites excluding steroid dienone is 1. The predicted octanol–water partition coefficient (Wildman–Crippen LogP) is 6.01. The summed E-state index contributed by atoms with van der Waals surface area (Å²) in [6.07, 6.45) is 0. The summed E-state index contributed by atoms with van der Waals surface area (Å²) in [5.74, 6) is 0. The van der Waals surface area contributed by atoms with Gasteiger partial charge in [-0.25, -0.2) is 0 Å². The summed E-state index contributed by atoms with van der Waals surface area (Å²) in [5.41, 5.74) is 2.84. The number of fused-ring (bicyclic) bond motifs is 3. The lowest BCUT2D eigenvalue weighted by molar-refractivity contribution is 0.666. The van der Waals surface area contributed by atoms with Gasteiger partial charge in [0.15, 0.2) is 4.74 Å². The van der Waals surface area contributed by atoms with Crippen molar-refractivity contribution in [3.05, 3.63) is 52.8 Å². The van der Waals surface area contributed by atoms with Gasteiger partial charge in [0.1, 0.15) is 11.2 Å². The van der Waals surface area contributed by atoms with E-state index in [4.69, 9.17) is 4.42 Å². The summed E-state index contributed by atoms with van der Waals surface area (Å²) in [6.45, 7) is 0. The zero-order valence-corrected chi connectivity index (χ0v) is 13.0. The van der Waals surface area contributed by atoms with Gasteiger partial charge in [0.25, 0.3) is 0 Å². The second kappa shape index (κ2) is 5.10. The first-order chi connectivity index (χ1) is 9.22. The molecule has 3 rings (SSSR count). The molecule has 0 bridgehead atoms. The van der Waals surface area contributed by atoms with Crippen LogP contribution in [0.3, 0.4) is 0 Å². The number of hydrogen-bond acceptors (Lipinski definition) is 1. The minimum absolute atomic E-state index is 0.377. The molecular formula is C15H9Br2FO. The Morgan fingerprint density at radius 1 is 1.05 bits per heavy atom. The number of halogens is 3. The molecule has 0 saturated carbocycles. The number of furan rings is 1. The Labute approximate surface area is 126 Å². The molecule has 0 spiro atoms. The largest absolute Gasteiger partial charge is 0.455 e. The highest BCUT2D eigenvalue weighted by atomic mass is 79.9. The Hall–Kier alpha value is -1.13. The van der Waals surface area contributed by atoms with Crippen LogP contribution in [0, 0.1) is 0 Å². The Kier molecular flexibility index (Phi) is 3.46. The highest BCUT2D eigenvalue weighted by Crippen LogP contribution is 2.36. The molecule has 0 fully saturated rings. The number of para-hydroxylation sites is 2. The van der Waals surface area contributed by atoms with E-state index < -0.39 is 0 Å². The molecule has 0 atom stereocenters. The fraction of sp³-hybridized carbons (Fsp3) is 0.0667. The minimum Gasteiger partial charge on any atom is -0.455 e. The van der Waals surface area contributed by atoms with E-state index in [1.807, 2.05) is 42.5 Å². The van der Waals surface area contributed by atoms with Crippen LogP contribution in [0.2, 0.25) is 0 Å². The molecule has 0 aliphatic heterocycles. The van der Waals surface area contributed by atoms with E-state index in [9.17, 15) is 4.39 Å². The second-order valence-corrected chi connectivity index (χ2v) is 5.41. The number of benzene rings is 2. The van der Waals surface area contributed by atoms with Crippen LogP contribution < -0.4 is 0 Å². The number of hydrogen-bond donors (Lipinski definition) is 0. The lowest BCUT2D eigenvalue weighted by Crippen LogP contribution is -1.87. The molecule has 3 aromatic rings. The van der Waals surface area contributed by atoms with Gasteiger partial charge in [-0.3, -0.25) is 0 Å². The van der Waals surface area contributed by atoms with Crippen LogP contribution in [0.25, 0.3) is 27.5 Å². The van der Waals surface area contributed by atoms with Crippen LogP contribution in [-0.2, 0) is 0 Å². The molecular weight excluding hydrogens is 375 g/mol. The molecule has 19 heavy (non-hydrogen) atoms. The van der Waals surface area contributed by atoms with Crippen LogP contribution in [-0.4, -0.2) is 5.33 Å². The third-order valence-corrected chi connectivity index (χ3v) is 4.13. The molecule has 0 N–H and O–H groups in total. The molecule has 2 aromatic carbocycles. The Bertz CT molecular complexity index is 785.